The molecule has 1 rings (SSSR count). The first-order valence-electron chi connectivity index (χ1n) is 1.67. The molecule has 0 amide bonds. The quantitative estimate of drug-likeness (QED) is 0.356. The molecule has 0 saturated heterocycles. The smallest absolute Gasteiger partial charge is 1.00 e. The van der Waals surface area contributed by atoms with Crippen molar-refractivity contribution in [3.8, 4) is 0 Å². The molecule has 0 nitrogen and oxygen atoms in total. The van der Waals surface area contributed by atoms with Gasteiger partial charge in [-0.3, -0.25) is 0 Å². The fourth-order valence-electron chi connectivity index (χ4n) is 0.321. The molecule has 0 aromatic carbocycles. The summed E-state index contributed by atoms with van der Waals surface area (Å²) in [6.45, 7) is 0. The van der Waals surface area contributed by atoms with Crippen molar-refractivity contribution in [1.82, 2.24) is 0 Å². The maximum Gasteiger partial charge on any atom is 4.00 e. The van der Waals surface area contributed by atoms with Crippen LogP contribution < -0.4 is 24.8 Å². The van der Waals surface area contributed by atoms with Crippen molar-refractivity contribution in [3.63, 3.8) is 0 Å². The van der Waals surface area contributed by atoms with Crippen LogP contribution in [-0.4, -0.2) is 0 Å². The maximum absolute atomic E-state index is 2.00. The van der Waals surface area contributed by atoms with E-state index in [4.69, 9.17) is 0 Å². The second-order valence-corrected chi connectivity index (χ2v) is 0.962. The predicted molar refractivity (Wildman–Crippen MR) is 21.5 cm³/mol. The van der Waals surface area contributed by atoms with Crippen molar-refractivity contribution >= 4 is 0 Å². The molecule has 0 bridgehead atoms. The first-order chi connectivity index (χ1) is 2.50. The molecule has 6 radical (unpaired) electrons. The van der Waals surface area contributed by atoms with Crippen molar-refractivity contribution in [1.29, 1.82) is 0 Å². The summed E-state index contributed by atoms with van der Waals surface area (Å²) in [4.78, 5) is 0. The number of hydrogen-bond donors (Lipinski definition) is 0. The third-order valence-electron chi connectivity index (χ3n) is 0.556. The Labute approximate surface area is 75.5 Å². The molecule has 0 aromatic rings. The predicted octanol–water partition coefficient (Wildman–Crippen LogP) is -4.97. The van der Waals surface area contributed by atoms with Gasteiger partial charge in [0.05, 0.1) is 0 Å². The summed E-state index contributed by atoms with van der Waals surface area (Å²) in [7, 11) is 0. The number of halogens is 2. The molecule has 0 unspecified atom stereocenters. The number of hydrogen-bond acceptors (Lipinski definition) is 0. The van der Waals surface area contributed by atoms with Crippen LogP contribution in [0.4, 0.5) is 0 Å². The van der Waals surface area contributed by atoms with Crippen LogP contribution in [0.2, 0.25) is 0 Å². The minimum atomic E-state index is 0. The van der Waals surface area contributed by atoms with Gasteiger partial charge in [-0.1, -0.05) is 0 Å². The summed E-state index contributed by atoms with van der Waals surface area (Å²) in [5, 5.41) is 0. The van der Waals surface area contributed by atoms with Crippen molar-refractivity contribution in [2.75, 3.05) is 0 Å². The van der Waals surface area contributed by atoms with E-state index < -0.39 is 0 Å². The molecule has 42 valence electrons. The average Bonchev–Trinajstić information content (AvgIpc) is 1.76. The van der Waals surface area contributed by atoms with E-state index in [0.29, 0.717) is 0 Å². The molecule has 0 aromatic heterocycles. The van der Waals surface area contributed by atoms with Crippen LogP contribution in [0.15, 0.2) is 0 Å². The fourth-order valence-corrected chi connectivity index (χ4v) is 0.321. The zero-order valence-corrected chi connectivity index (χ0v) is 7.00. The summed E-state index contributed by atoms with van der Waals surface area (Å²) in [6, 6.07) is 0. The van der Waals surface area contributed by atoms with Crippen molar-refractivity contribution < 1.29 is 43.4 Å². The van der Waals surface area contributed by atoms with E-state index in [0.717, 1.165) is 0 Å². The zero-order valence-electron chi connectivity index (χ0n) is 4.09. The molecule has 1 aliphatic rings. The van der Waals surface area contributed by atoms with Crippen LogP contribution in [0.1, 0.15) is 0 Å². The fraction of sp³-hybridized carbons (Fsp3) is 0. The Bertz CT molecular complexity index is 22.0. The van der Waals surface area contributed by atoms with Gasteiger partial charge in [0.2, 0.25) is 0 Å². The molecule has 0 aliphatic heterocycles. The second kappa shape index (κ2) is 11.0. The van der Waals surface area contributed by atoms with Crippen molar-refractivity contribution in [2.24, 2.45) is 0 Å². The Morgan fingerprint density at radius 1 is 0.500 bits per heavy atom. The Hall–Kier alpha value is 1.16. The van der Waals surface area contributed by atoms with Gasteiger partial charge in [-0.15, -0.1) is 0 Å². The van der Waals surface area contributed by atoms with Gasteiger partial charge < -0.3 is 24.8 Å². The van der Waals surface area contributed by atoms with Gasteiger partial charge in [0.25, 0.3) is 0 Å². The van der Waals surface area contributed by atoms with E-state index in [9.17, 15) is 0 Å². The van der Waals surface area contributed by atoms with Crippen LogP contribution >= 0.6 is 0 Å². The van der Waals surface area contributed by atoms with E-state index in [2.05, 4.69) is 0 Å². The minimum absolute atomic E-state index is 0. The van der Waals surface area contributed by atoms with Gasteiger partial charge in [-0.05, 0) is 32.1 Å². The van der Waals surface area contributed by atoms with Crippen molar-refractivity contribution in [3.05, 3.63) is 32.1 Å². The Morgan fingerprint density at radius 2 is 0.625 bits per heavy atom. The van der Waals surface area contributed by atoms with Gasteiger partial charge >= 0.3 is 18.6 Å². The largest absolute Gasteiger partial charge is 4.00 e. The summed E-state index contributed by atoms with van der Waals surface area (Å²) in [5.74, 6) is 0. The molecule has 0 heterocycles. The van der Waals surface area contributed by atoms with E-state index in [1.807, 2.05) is 32.1 Å². The van der Waals surface area contributed by atoms with Crippen molar-refractivity contribution in [2.45, 2.75) is 0 Å². The van der Waals surface area contributed by atoms with Crippen LogP contribution in [0, 0.1) is 32.1 Å². The number of rotatable bonds is 0. The molecule has 3 heteroatoms. The molecular formula is C5H5Cl2V+2. The molecule has 0 spiro atoms. The summed E-state index contributed by atoms with van der Waals surface area (Å²) < 4.78 is 0. The molecule has 1 fully saturated rings. The van der Waals surface area contributed by atoms with Gasteiger partial charge in [-0.25, -0.2) is 0 Å². The zero-order chi connectivity index (χ0) is 3.54. The van der Waals surface area contributed by atoms with Crippen LogP contribution in [-0.2, 0) is 18.6 Å². The molecule has 0 atom stereocenters. The summed E-state index contributed by atoms with van der Waals surface area (Å²) >= 11 is 0. The molecule has 1 saturated carbocycles. The normalized spacial score (nSPS) is 15.0. The summed E-state index contributed by atoms with van der Waals surface area (Å²) in [5.41, 5.74) is 0. The van der Waals surface area contributed by atoms with Gasteiger partial charge in [0.15, 0.2) is 0 Å². The van der Waals surface area contributed by atoms with Gasteiger partial charge in [0.1, 0.15) is 0 Å². The minimum Gasteiger partial charge on any atom is -1.00 e. The first kappa shape index (κ1) is 16.1. The van der Waals surface area contributed by atoms with E-state index in [1.165, 1.54) is 0 Å². The Balaban J connectivity index is -0.0000000833. The van der Waals surface area contributed by atoms with Gasteiger partial charge in [0, 0.05) is 0 Å². The Morgan fingerprint density at radius 3 is 0.750 bits per heavy atom. The van der Waals surface area contributed by atoms with Crippen LogP contribution in [0.5, 0.6) is 0 Å². The Kier molecular flexibility index (Phi) is 22.2. The molecular weight excluding hydrogens is 182 g/mol. The van der Waals surface area contributed by atoms with Crippen LogP contribution in [0.3, 0.4) is 0 Å². The average molecular weight is 187 g/mol. The monoisotopic (exact) mass is 186 g/mol. The van der Waals surface area contributed by atoms with E-state index in [1.54, 1.807) is 0 Å². The SMILES string of the molecule is [CH]1[CH][CH][CH][CH]1.[Cl-].[Cl-].[V+4]. The van der Waals surface area contributed by atoms with E-state index >= 15 is 0 Å². The van der Waals surface area contributed by atoms with E-state index in [-0.39, 0.29) is 43.4 Å². The summed E-state index contributed by atoms with van der Waals surface area (Å²) in [6.07, 6.45) is 10.0. The maximum atomic E-state index is 2.00. The molecule has 8 heavy (non-hydrogen) atoms. The third kappa shape index (κ3) is 7.16. The second-order valence-electron chi connectivity index (χ2n) is 0.962. The van der Waals surface area contributed by atoms with Gasteiger partial charge in [-0.2, -0.15) is 0 Å². The standard InChI is InChI=1S/C5H5.2ClH.V/c1-2-4-5-3-1;;;/h1-5H;2*1H;/q;;;+4/p-2. The molecule has 1 aliphatic carbocycles. The first-order valence-corrected chi connectivity index (χ1v) is 1.67. The topological polar surface area (TPSA) is 0 Å². The third-order valence-corrected chi connectivity index (χ3v) is 0.556. The molecule has 0 N–H and O–H groups in total. The van der Waals surface area contributed by atoms with Crippen LogP contribution in [0.25, 0.3) is 0 Å².